The number of anilines is 1. The normalized spacial score (nSPS) is 10.1. The van der Waals surface area contributed by atoms with Gasteiger partial charge in [-0.25, -0.2) is 0 Å². The van der Waals surface area contributed by atoms with E-state index >= 15 is 0 Å². The predicted molar refractivity (Wildman–Crippen MR) is 84.9 cm³/mol. The molecule has 0 saturated heterocycles. The lowest BCUT2D eigenvalue weighted by Crippen LogP contribution is -2.03. The molecule has 4 nitrogen and oxygen atoms in total. The minimum Gasteiger partial charge on any atom is -0.496 e. The van der Waals surface area contributed by atoms with Gasteiger partial charge < -0.3 is 19.5 Å². The average molecular weight is 308 g/mol. The van der Waals surface area contributed by atoms with Gasteiger partial charge in [0.2, 0.25) is 0 Å². The van der Waals surface area contributed by atoms with Gasteiger partial charge in [-0.05, 0) is 30.3 Å². The Hall–Kier alpha value is -2.07. The van der Waals surface area contributed by atoms with Gasteiger partial charge >= 0.3 is 0 Å². The monoisotopic (exact) mass is 307 g/mol. The molecular weight excluding hydrogens is 290 g/mol. The van der Waals surface area contributed by atoms with Crippen LogP contribution in [-0.2, 0) is 6.54 Å². The van der Waals surface area contributed by atoms with Gasteiger partial charge in [-0.3, -0.25) is 0 Å². The zero-order valence-corrected chi connectivity index (χ0v) is 13.0. The molecule has 0 saturated carbocycles. The summed E-state index contributed by atoms with van der Waals surface area (Å²) >= 11 is 5.87. The Labute approximate surface area is 129 Å². The smallest absolute Gasteiger partial charge is 0.164 e. The van der Waals surface area contributed by atoms with E-state index in [-0.39, 0.29) is 0 Å². The largest absolute Gasteiger partial charge is 0.496 e. The van der Waals surface area contributed by atoms with E-state index in [2.05, 4.69) is 5.32 Å². The average Bonchev–Trinajstić information content (AvgIpc) is 2.53. The Balaban J connectivity index is 2.20. The first kappa shape index (κ1) is 15.3. The molecule has 0 amide bonds. The van der Waals surface area contributed by atoms with Crippen LogP contribution >= 0.6 is 11.6 Å². The molecule has 0 aliphatic heterocycles. The van der Waals surface area contributed by atoms with Crippen LogP contribution in [0.25, 0.3) is 0 Å². The standard InChI is InChI=1S/C16H18ClNO3/c1-19-14-9-16(21-3)15(20-2)8-11(14)10-18-13-6-4-12(17)5-7-13/h4-9,18H,10H2,1-3H3. The number of ether oxygens (including phenoxy) is 3. The van der Waals surface area contributed by atoms with Gasteiger partial charge in [0.15, 0.2) is 11.5 Å². The highest BCUT2D eigenvalue weighted by atomic mass is 35.5. The van der Waals surface area contributed by atoms with Gasteiger partial charge in [0.1, 0.15) is 5.75 Å². The van der Waals surface area contributed by atoms with Crippen LogP contribution in [0.1, 0.15) is 5.56 Å². The van der Waals surface area contributed by atoms with E-state index in [1.54, 1.807) is 21.3 Å². The molecule has 0 aliphatic carbocycles. The highest BCUT2D eigenvalue weighted by molar-refractivity contribution is 6.30. The number of halogens is 1. The first-order valence-electron chi connectivity index (χ1n) is 6.46. The molecule has 2 aromatic rings. The second-order valence-electron chi connectivity index (χ2n) is 4.38. The van der Waals surface area contributed by atoms with Crippen molar-refractivity contribution in [3.8, 4) is 17.2 Å². The fraction of sp³-hybridized carbons (Fsp3) is 0.250. The molecular formula is C16H18ClNO3. The van der Waals surface area contributed by atoms with E-state index in [0.29, 0.717) is 23.1 Å². The highest BCUT2D eigenvalue weighted by Gasteiger charge is 2.11. The lowest BCUT2D eigenvalue weighted by atomic mass is 10.1. The molecule has 0 aliphatic rings. The second-order valence-corrected chi connectivity index (χ2v) is 4.82. The lowest BCUT2D eigenvalue weighted by Gasteiger charge is -2.15. The summed E-state index contributed by atoms with van der Waals surface area (Å²) in [4.78, 5) is 0. The fourth-order valence-electron chi connectivity index (χ4n) is 2.00. The summed E-state index contributed by atoms with van der Waals surface area (Å²) in [6.07, 6.45) is 0. The Morgan fingerprint density at radius 3 is 2.00 bits per heavy atom. The van der Waals surface area contributed by atoms with Gasteiger partial charge in [0, 0.05) is 28.9 Å². The van der Waals surface area contributed by atoms with Gasteiger partial charge in [-0.15, -0.1) is 0 Å². The highest BCUT2D eigenvalue weighted by Crippen LogP contribution is 2.34. The molecule has 0 bridgehead atoms. The van der Waals surface area contributed by atoms with Crippen molar-refractivity contribution in [2.45, 2.75) is 6.54 Å². The number of benzene rings is 2. The molecule has 0 heterocycles. The number of methoxy groups -OCH3 is 3. The van der Waals surface area contributed by atoms with Crippen molar-refractivity contribution in [3.63, 3.8) is 0 Å². The molecule has 0 fully saturated rings. The van der Waals surface area contributed by atoms with E-state index in [1.165, 1.54) is 0 Å². The SMILES string of the molecule is COc1cc(OC)c(OC)cc1CNc1ccc(Cl)cc1. The number of hydrogen-bond donors (Lipinski definition) is 1. The van der Waals surface area contributed by atoms with Crippen LogP contribution in [0.15, 0.2) is 36.4 Å². The molecule has 112 valence electrons. The van der Waals surface area contributed by atoms with Crippen molar-refractivity contribution >= 4 is 17.3 Å². The van der Waals surface area contributed by atoms with Gasteiger partial charge in [-0.2, -0.15) is 0 Å². The molecule has 2 aromatic carbocycles. The van der Waals surface area contributed by atoms with E-state index < -0.39 is 0 Å². The first-order valence-corrected chi connectivity index (χ1v) is 6.84. The van der Waals surface area contributed by atoms with Crippen molar-refractivity contribution in [1.82, 2.24) is 0 Å². The molecule has 0 unspecified atom stereocenters. The molecule has 5 heteroatoms. The number of rotatable bonds is 6. The van der Waals surface area contributed by atoms with Crippen LogP contribution in [0, 0.1) is 0 Å². The number of nitrogens with one attached hydrogen (secondary N) is 1. The Morgan fingerprint density at radius 2 is 1.43 bits per heavy atom. The molecule has 0 spiro atoms. The van der Waals surface area contributed by atoms with Crippen molar-refractivity contribution < 1.29 is 14.2 Å². The van der Waals surface area contributed by atoms with Crippen molar-refractivity contribution in [2.24, 2.45) is 0 Å². The van der Waals surface area contributed by atoms with Gasteiger partial charge in [0.25, 0.3) is 0 Å². The third-order valence-electron chi connectivity index (χ3n) is 3.11. The van der Waals surface area contributed by atoms with Gasteiger partial charge in [-0.1, -0.05) is 11.6 Å². The van der Waals surface area contributed by atoms with Crippen LogP contribution < -0.4 is 19.5 Å². The molecule has 0 atom stereocenters. The van der Waals surface area contributed by atoms with Crippen LogP contribution in [0.3, 0.4) is 0 Å². The summed E-state index contributed by atoms with van der Waals surface area (Å²) in [5.74, 6) is 2.06. The van der Waals surface area contributed by atoms with E-state index in [1.807, 2.05) is 36.4 Å². The summed E-state index contributed by atoms with van der Waals surface area (Å²) in [6.45, 7) is 0.602. The quantitative estimate of drug-likeness (QED) is 0.876. The topological polar surface area (TPSA) is 39.7 Å². The maximum Gasteiger partial charge on any atom is 0.164 e. The number of hydrogen-bond acceptors (Lipinski definition) is 4. The molecule has 0 radical (unpaired) electrons. The zero-order chi connectivity index (χ0) is 15.2. The Kier molecular flexibility index (Phi) is 5.17. The molecule has 0 aromatic heterocycles. The lowest BCUT2D eigenvalue weighted by molar-refractivity contribution is 0.347. The van der Waals surface area contributed by atoms with E-state index in [0.717, 1.165) is 17.0 Å². The molecule has 21 heavy (non-hydrogen) atoms. The van der Waals surface area contributed by atoms with Gasteiger partial charge in [0.05, 0.1) is 21.3 Å². The van der Waals surface area contributed by atoms with E-state index in [9.17, 15) is 0 Å². The summed E-state index contributed by atoms with van der Waals surface area (Å²) in [5.41, 5.74) is 1.96. The summed E-state index contributed by atoms with van der Waals surface area (Å²) < 4.78 is 16.0. The zero-order valence-electron chi connectivity index (χ0n) is 12.3. The van der Waals surface area contributed by atoms with E-state index in [4.69, 9.17) is 25.8 Å². The minimum atomic E-state index is 0.602. The van der Waals surface area contributed by atoms with Crippen molar-refractivity contribution in [1.29, 1.82) is 0 Å². The Bertz CT molecular complexity index is 599. The summed E-state index contributed by atoms with van der Waals surface area (Å²) in [6, 6.07) is 11.3. The van der Waals surface area contributed by atoms with Crippen molar-refractivity contribution in [3.05, 3.63) is 47.0 Å². The molecule has 2 rings (SSSR count). The van der Waals surface area contributed by atoms with Crippen LogP contribution in [0.5, 0.6) is 17.2 Å². The maximum absolute atomic E-state index is 5.87. The third kappa shape index (κ3) is 3.73. The first-order chi connectivity index (χ1) is 10.2. The second kappa shape index (κ2) is 7.09. The fourth-order valence-corrected chi connectivity index (χ4v) is 2.12. The minimum absolute atomic E-state index is 0.602. The maximum atomic E-state index is 5.87. The summed E-state index contributed by atoms with van der Waals surface area (Å²) in [5, 5.41) is 4.03. The van der Waals surface area contributed by atoms with Crippen LogP contribution in [-0.4, -0.2) is 21.3 Å². The third-order valence-corrected chi connectivity index (χ3v) is 3.37. The van der Waals surface area contributed by atoms with Crippen molar-refractivity contribution in [2.75, 3.05) is 26.6 Å². The Morgan fingerprint density at radius 1 is 0.857 bits per heavy atom. The predicted octanol–water partition coefficient (Wildman–Crippen LogP) is 3.98. The van der Waals surface area contributed by atoms with Crippen LogP contribution in [0.4, 0.5) is 5.69 Å². The van der Waals surface area contributed by atoms with Crippen LogP contribution in [0.2, 0.25) is 5.02 Å². The summed E-state index contributed by atoms with van der Waals surface area (Å²) in [7, 11) is 4.84. The molecule has 1 N–H and O–H groups in total.